The summed E-state index contributed by atoms with van der Waals surface area (Å²) < 4.78 is 0. The Morgan fingerprint density at radius 1 is 1.40 bits per heavy atom. The molecule has 1 rings (SSSR count). The fraction of sp³-hybridized carbons (Fsp3) is 0.800. The summed E-state index contributed by atoms with van der Waals surface area (Å²) in [4.78, 5) is 24.5. The fourth-order valence-corrected chi connectivity index (χ4v) is 1.88. The van der Waals surface area contributed by atoms with Crippen molar-refractivity contribution in [1.82, 2.24) is 10.2 Å². The third-order valence-corrected chi connectivity index (χ3v) is 2.79. The summed E-state index contributed by atoms with van der Waals surface area (Å²) in [6.45, 7) is 2.52. The normalized spacial score (nSPS) is 20.9. The van der Waals surface area contributed by atoms with Crippen molar-refractivity contribution in [3.05, 3.63) is 0 Å². The predicted molar refractivity (Wildman–Crippen MR) is 62.0 cm³/mol. The van der Waals surface area contributed by atoms with Crippen LogP contribution < -0.4 is 5.32 Å². The van der Waals surface area contributed by atoms with E-state index < -0.39 is 0 Å². The lowest BCUT2D eigenvalue weighted by Gasteiger charge is -2.11. The molecule has 1 aliphatic rings. The minimum atomic E-state index is -0.293. The molecule has 0 aromatic rings. The van der Waals surface area contributed by atoms with Gasteiger partial charge >= 0.3 is 6.03 Å². The monoisotopic (exact) mass is 230 g/mol. The number of rotatable bonds is 6. The zero-order chi connectivity index (χ0) is 11.3. The predicted octanol–water partition coefficient (Wildman–Crippen LogP) is 1.42. The zero-order valence-electron chi connectivity index (χ0n) is 9.03. The van der Waals surface area contributed by atoms with Crippen molar-refractivity contribution in [2.24, 2.45) is 0 Å². The average Bonchev–Trinajstić information content (AvgIpc) is 2.46. The van der Waals surface area contributed by atoms with Crippen molar-refractivity contribution >= 4 is 24.6 Å². The van der Waals surface area contributed by atoms with Gasteiger partial charge in [-0.25, -0.2) is 4.79 Å². The number of nitrogens with one attached hydrogen (secondary N) is 1. The van der Waals surface area contributed by atoms with Gasteiger partial charge in [-0.3, -0.25) is 9.69 Å². The first-order chi connectivity index (χ1) is 7.20. The van der Waals surface area contributed by atoms with Crippen LogP contribution in [0.1, 0.15) is 32.6 Å². The van der Waals surface area contributed by atoms with Crippen molar-refractivity contribution in [2.45, 2.75) is 38.6 Å². The summed E-state index contributed by atoms with van der Waals surface area (Å²) >= 11 is 4.09. The Hall–Kier alpha value is -0.710. The molecule has 1 aliphatic heterocycles. The van der Waals surface area contributed by atoms with Gasteiger partial charge in [-0.15, -0.1) is 0 Å². The van der Waals surface area contributed by atoms with Crippen LogP contribution in [0.4, 0.5) is 4.79 Å². The van der Waals surface area contributed by atoms with Crippen LogP contribution in [0.3, 0.4) is 0 Å². The summed E-state index contributed by atoms with van der Waals surface area (Å²) in [5.41, 5.74) is 0. The second-order valence-corrected chi connectivity index (χ2v) is 4.16. The molecule has 1 saturated heterocycles. The molecule has 4 nitrogen and oxygen atoms in total. The molecular weight excluding hydrogens is 212 g/mol. The number of unbranched alkanes of at least 4 members (excludes halogenated alkanes) is 1. The Bertz CT molecular complexity index is 246. The number of hydrogen-bond donors (Lipinski definition) is 2. The van der Waals surface area contributed by atoms with E-state index in [9.17, 15) is 9.59 Å². The molecule has 1 N–H and O–H groups in total. The van der Waals surface area contributed by atoms with E-state index >= 15 is 0 Å². The maximum Gasteiger partial charge on any atom is 0.324 e. The van der Waals surface area contributed by atoms with E-state index in [0.717, 1.165) is 31.4 Å². The van der Waals surface area contributed by atoms with Crippen LogP contribution in [0.15, 0.2) is 0 Å². The molecule has 1 fully saturated rings. The summed E-state index contributed by atoms with van der Waals surface area (Å²) in [5.74, 6) is 0.725. The summed E-state index contributed by atoms with van der Waals surface area (Å²) in [6.07, 6.45) is 3.40. The van der Waals surface area contributed by atoms with Crippen LogP contribution in [-0.4, -0.2) is 35.2 Å². The third-order valence-electron chi connectivity index (χ3n) is 2.47. The third kappa shape index (κ3) is 3.12. The number of urea groups is 1. The second kappa shape index (κ2) is 6.00. The van der Waals surface area contributed by atoms with Gasteiger partial charge in [0.25, 0.3) is 5.91 Å². The van der Waals surface area contributed by atoms with Gasteiger partial charge in [0, 0.05) is 6.54 Å². The Labute approximate surface area is 95.8 Å². The van der Waals surface area contributed by atoms with E-state index in [0.29, 0.717) is 6.54 Å². The first-order valence-corrected chi connectivity index (χ1v) is 6.06. The maximum absolute atomic E-state index is 11.7. The summed E-state index contributed by atoms with van der Waals surface area (Å²) in [7, 11) is 0. The molecule has 0 bridgehead atoms. The number of thiol groups is 1. The molecular formula is C10H18N2O2S. The first-order valence-electron chi connectivity index (χ1n) is 5.43. The van der Waals surface area contributed by atoms with Gasteiger partial charge in [-0.1, -0.05) is 13.3 Å². The van der Waals surface area contributed by atoms with Crippen molar-refractivity contribution in [1.29, 1.82) is 0 Å². The van der Waals surface area contributed by atoms with E-state index in [-0.39, 0.29) is 18.0 Å². The van der Waals surface area contributed by atoms with Crippen LogP contribution >= 0.6 is 12.6 Å². The van der Waals surface area contributed by atoms with Gasteiger partial charge in [0.05, 0.1) is 0 Å². The summed E-state index contributed by atoms with van der Waals surface area (Å²) in [5, 5.41) is 2.70. The highest BCUT2D eigenvalue weighted by molar-refractivity contribution is 7.80. The van der Waals surface area contributed by atoms with Crippen molar-refractivity contribution in [3.63, 3.8) is 0 Å². The highest BCUT2D eigenvalue weighted by Crippen LogP contribution is 2.11. The van der Waals surface area contributed by atoms with Gasteiger partial charge in [0.1, 0.15) is 6.04 Å². The quantitative estimate of drug-likeness (QED) is 0.412. The van der Waals surface area contributed by atoms with E-state index in [4.69, 9.17) is 0 Å². The Morgan fingerprint density at radius 2 is 2.13 bits per heavy atom. The molecule has 0 radical (unpaired) electrons. The molecule has 0 spiro atoms. The van der Waals surface area contributed by atoms with Crippen LogP contribution in [0.25, 0.3) is 0 Å². The molecule has 5 heteroatoms. The molecule has 15 heavy (non-hydrogen) atoms. The lowest BCUT2D eigenvalue weighted by molar-refractivity contribution is -0.127. The summed E-state index contributed by atoms with van der Waals surface area (Å²) in [6, 6.07) is -0.531. The smallest absolute Gasteiger partial charge is 0.324 e. The molecule has 1 heterocycles. The van der Waals surface area contributed by atoms with E-state index in [1.165, 1.54) is 4.90 Å². The van der Waals surface area contributed by atoms with Crippen LogP contribution in [0.2, 0.25) is 0 Å². The topological polar surface area (TPSA) is 49.4 Å². The molecule has 86 valence electrons. The first kappa shape index (κ1) is 12.4. The van der Waals surface area contributed by atoms with Gasteiger partial charge in [-0.05, 0) is 25.0 Å². The van der Waals surface area contributed by atoms with E-state index in [1.807, 2.05) is 6.92 Å². The number of carbonyl (C=O) groups is 2. The Balaban J connectivity index is 2.44. The molecule has 0 saturated carbocycles. The SMILES string of the molecule is CCCC1NC(=O)N(CCCCS)C1=O. The van der Waals surface area contributed by atoms with Crippen LogP contribution in [-0.2, 0) is 4.79 Å². The zero-order valence-corrected chi connectivity index (χ0v) is 9.93. The Morgan fingerprint density at radius 3 is 2.73 bits per heavy atom. The van der Waals surface area contributed by atoms with Crippen molar-refractivity contribution in [3.8, 4) is 0 Å². The number of amides is 3. The van der Waals surface area contributed by atoms with Gasteiger partial charge in [-0.2, -0.15) is 12.6 Å². The molecule has 3 amide bonds. The number of imide groups is 1. The largest absolute Gasteiger partial charge is 0.326 e. The van der Waals surface area contributed by atoms with Gasteiger partial charge < -0.3 is 5.32 Å². The lowest BCUT2D eigenvalue weighted by Crippen LogP contribution is -2.32. The lowest BCUT2D eigenvalue weighted by atomic mass is 10.1. The fourth-order valence-electron chi connectivity index (χ4n) is 1.65. The maximum atomic E-state index is 11.7. The van der Waals surface area contributed by atoms with Crippen LogP contribution in [0, 0.1) is 0 Å². The molecule has 0 aromatic carbocycles. The number of hydrogen-bond acceptors (Lipinski definition) is 3. The minimum Gasteiger partial charge on any atom is -0.326 e. The molecule has 0 aliphatic carbocycles. The molecule has 1 atom stereocenters. The van der Waals surface area contributed by atoms with E-state index in [2.05, 4.69) is 17.9 Å². The molecule has 1 unspecified atom stereocenters. The van der Waals surface area contributed by atoms with E-state index in [1.54, 1.807) is 0 Å². The van der Waals surface area contributed by atoms with Gasteiger partial charge in [0.15, 0.2) is 0 Å². The minimum absolute atomic E-state index is 0.0685. The molecule has 0 aromatic heterocycles. The second-order valence-electron chi connectivity index (χ2n) is 3.71. The number of carbonyl (C=O) groups excluding carboxylic acids is 2. The van der Waals surface area contributed by atoms with Crippen LogP contribution in [0.5, 0.6) is 0 Å². The highest BCUT2D eigenvalue weighted by atomic mass is 32.1. The Kier molecular flexibility index (Phi) is 4.94. The van der Waals surface area contributed by atoms with Crippen molar-refractivity contribution < 1.29 is 9.59 Å². The average molecular weight is 230 g/mol. The van der Waals surface area contributed by atoms with Gasteiger partial charge in [0.2, 0.25) is 0 Å². The number of nitrogens with zero attached hydrogens (tertiary/aromatic N) is 1. The highest BCUT2D eigenvalue weighted by Gasteiger charge is 2.36. The van der Waals surface area contributed by atoms with Crippen molar-refractivity contribution in [2.75, 3.05) is 12.3 Å². The standard InChI is InChI=1S/C10H18N2O2S/c1-2-5-8-9(13)12(10(14)11-8)6-3-4-7-15/h8,15H,2-7H2,1H3,(H,11,14).